The Morgan fingerprint density at radius 3 is 2.76 bits per heavy atom. The van der Waals surface area contributed by atoms with Crippen molar-refractivity contribution in [3.05, 3.63) is 58.6 Å². The number of amides is 1. The topological polar surface area (TPSA) is 58.4 Å². The van der Waals surface area contributed by atoms with Gasteiger partial charge in [-0.2, -0.15) is 0 Å². The van der Waals surface area contributed by atoms with Crippen molar-refractivity contribution in [1.82, 2.24) is 5.32 Å². The zero-order valence-corrected chi connectivity index (χ0v) is 12.2. The first-order valence-electron chi connectivity index (χ1n) is 6.82. The lowest BCUT2D eigenvalue weighted by atomic mass is 10.1. The van der Waals surface area contributed by atoms with Gasteiger partial charge in [-0.25, -0.2) is 0 Å². The number of halogens is 1. The lowest BCUT2D eigenvalue weighted by Gasteiger charge is -2.26. The molecule has 0 atom stereocenters. The lowest BCUT2D eigenvalue weighted by Crippen LogP contribution is -2.24. The van der Waals surface area contributed by atoms with Crippen molar-refractivity contribution < 1.29 is 4.79 Å². The van der Waals surface area contributed by atoms with Crippen LogP contribution in [-0.4, -0.2) is 19.0 Å². The molecule has 2 aromatic carbocycles. The van der Waals surface area contributed by atoms with Gasteiger partial charge in [0.05, 0.1) is 10.7 Å². The number of rotatable bonds is 2. The molecule has 2 aromatic rings. The Bertz CT molecular complexity index is 687. The largest absolute Gasteiger partial charge is 0.366 e. The van der Waals surface area contributed by atoms with Gasteiger partial charge in [-0.3, -0.25) is 4.79 Å². The minimum atomic E-state index is -0.471. The normalized spacial score (nSPS) is 14.4. The van der Waals surface area contributed by atoms with E-state index < -0.39 is 5.91 Å². The molecule has 0 fully saturated rings. The maximum Gasteiger partial charge on any atom is 0.248 e. The van der Waals surface area contributed by atoms with Gasteiger partial charge in [0, 0.05) is 30.9 Å². The van der Waals surface area contributed by atoms with Crippen molar-refractivity contribution in [3.8, 4) is 0 Å². The number of nitrogens with one attached hydrogen (secondary N) is 1. The molecule has 21 heavy (non-hydrogen) atoms. The van der Waals surface area contributed by atoms with Crippen molar-refractivity contribution in [3.63, 3.8) is 0 Å². The van der Waals surface area contributed by atoms with Crippen LogP contribution in [0.2, 0.25) is 5.02 Å². The predicted molar refractivity (Wildman–Crippen MR) is 85.1 cm³/mol. The highest BCUT2D eigenvalue weighted by molar-refractivity contribution is 6.33. The first-order valence-corrected chi connectivity index (χ1v) is 7.20. The van der Waals surface area contributed by atoms with Crippen molar-refractivity contribution in [2.24, 2.45) is 5.73 Å². The van der Waals surface area contributed by atoms with E-state index in [-0.39, 0.29) is 0 Å². The molecule has 0 unspecified atom stereocenters. The van der Waals surface area contributed by atoms with Crippen LogP contribution in [0.4, 0.5) is 11.4 Å². The smallest absolute Gasteiger partial charge is 0.248 e. The summed E-state index contributed by atoms with van der Waals surface area (Å²) in [4.78, 5) is 13.4. The Morgan fingerprint density at radius 2 is 2.00 bits per heavy atom. The summed E-state index contributed by atoms with van der Waals surface area (Å²) in [6, 6.07) is 13.4. The van der Waals surface area contributed by atoms with E-state index in [1.807, 2.05) is 18.2 Å². The second-order valence-electron chi connectivity index (χ2n) is 4.99. The summed E-state index contributed by atoms with van der Waals surface area (Å²) in [7, 11) is 0. The predicted octanol–water partition coefficient (Wildman–Crippen LogP) is 2.68. The average molecular weight is 302 g/mol. The molecule has 0 radical (unpaired) electrons. The monoisotopic (exact) mass is 301 g/mol. The van der Waals surface area contributed by atoms with E-state index in [0.29, 0.717) is 10.6 Å². The summed E-state index contributed by atoms with van der Waals surface area (Å²) >= 11 is 6.36. The number of hydrogen-bond acceptors (Lipinski definition) is 3. The van der Waals surface area contributed by atoms with Crippen LogP contribution in [0.1, 0.15) is 15.9 Å². The summed E-state index contributed by atoms with van der Waals surface area (Å²) in [6.45, 7) is 2.51. The summed E-state index contributed by atoms with van der Waals surface area (Å²) in [6.07, 6.45) is 0. The van der Waals surface area contributed by atoms with E-state index in [4.69, 9.17) is 17.3 Å². The van der Waals surface area contributed by atoms with Crippen molar-refractivity contribution >= 4 is 28.9 Å². The second kappa shape index (κ2) is 5.76. The minimum absolute atomic E-state index is 0.421. The molecule has 0 spiro atoms. The number of nitrogens with zero attached hydrogens (tertiary/aromatic N) is 1. The van der Waals surface area contributed by atoms with Gasteiger partial charge in [0.15, 0.2) is 0 Å². The Kier molecular flexibility index (Phi) is 3.82. The highest BCUT2D eigenvalue weighted by Crippen LogP contribution is 2.35. The van der Waals surface area contributed by atoms with E-state index >= 15 is 0 Å². The molecule has 4 nitrogen and oxygen atoms in total. The van der Waals surface area contributed by atoms with Crippen LogP contribution < -0.4 is 16.0 Å². The maximum absolute atomic E-state index is 11.2. The first-order chi connectivity index (χ1) is 10.2. The highest BCUT2D eigenvalue weighted by Gasteiger charge is 2.18. The summed E-state index contributed by atoms with van der Waals surface area (Å²) in [5.74, 6) is -0.471. The Labute approximate surface area is 128 Å². The number of anilines is 2. The zero-order chi connectivity index (χ0) is 14.8. The highest BCUT2D eigenvalue weighted by atomic mass is 35.5. The molecular weight excluding hydrogens is 286 g/mol. The molecule has 1 amide bonds. The third-order valence-electron chi connectivity index (χ3n) is 3.63. The molecule has 1 aliphatic heterocycles. The van der Waals surface area contributed by atoms with Crippen molar-refractivity contribution in [2.75, 3.05) is 18.0 Å². The molecule has 1 heterocycles. The summed E-state index contributed by atoms with van der Waals surface area (Å²) in [5, 5.41) is 3.92. The fourth-order valence-corrected chi connectivity index (χ4v) is 2.87. The van der Waals surface area contributed by atoms with Crippen LogP contribution in [0.5, 0.6) is 0 Å². The summed E-state index contributed by atoms with van der Waals surface area (Å²) < 4.78 is 0. The van der Waals surface area contributed by atoms with Gasteiger partial charge in [0.2, 0.25) is 5.91 Å². The molecule has 0 bridgehead atoms. The number of nitrogens with two attached hydrogens (primary N) is 1. The van der Waals surface area contributed by atoms with Crippen molar-refractivity contribution in [1.29, 1.82) is 0 Å². The average Bonchev–Trinajstić information content (AvgIpc) is 2.69. The first kappa shape index (κ1) is 13.9. The number of hydrogen-bond donors (Lipinski definition) is 2. The number of para-hydroxylation sites is 1. The van der Waals surface area contributed by atoms with Gasteiger partial charge in [-0.15, -0.1) is 0 Å². The van der Waals surface area contributed by atoms with Crippen LogP contribution in [0, 0.1) is 0 Å². The van der Waals surface area contributed by atoms with Crippen LogP contribution in [0.15, 0.2) is 42.5 Å². The molecule has 3 rings (SSSR count). The van der Waals surface area contributed by atoms with Crippen molar-refractivity contribution in [2.45, 2.75) is 6.54 Å². The van der Waals surface area contributed by atoms with E-state index in [9.17, 15) is 4.79 Å². The fraction of sp³-hybridized carbons (Fsp3) is 0.188. The quantitative estimate of drug-likeness (QED) is 0.896. The lowest BCUT2D eigenvalue weighted by molar-refractivity contribution is 0.100. The minimum Gasteiger partial charge on any atom is -0.366 e. The van der Waals surface area contributed by atoms with E-state index in [2.05, 4.69) is 22.3 Å². The second-order valence-corrected chi connectivity index (χ2v) is 5.39. The van der Waals surface area contributed by atoms with Gasteiger partial charge in [0.1, 0.15) is 0 Å². The molecule has 0 saturated heterocycles. The number of carbonyl (C=O) groups excluding carboxylic acids is 1. The third kappa shape index (κ3) is 2.73. The molecular formula is C16H16ClN3O. The fourth-order valence-electron chi connectivity index (χ4n) is 2.59. The molecule has 5 heteroatoms. The van der Waals surface area contributed by atoms with Crippen LogP contribution >= 0.6 is 11.6 Å². The molecule has 0 saturated carbocycles. The van der Waals surface area contributed by atoms with E-state index in [1.54, 1.807) is 12.1 Å². The van der Waals surface area contributed by atoms with E-state index in [1.165, 1.54) is 5.56 Å². The van der Waals surface area contributed by atoms with Gasteiger partial charge < -0.3 is 16.0 Å². The Morgan fingerprint density at radius 1 is 1.19 bits per heavy atom. The Balaban J connectivity index is 2.06. The molecule has 1 aliphatic rings. The number of benzene rings is 2. The van der Waals surface area contributed by atoms with Crippen LogP contribution in [0.3, 0.4) is 0 Å². The van der Waals surface area contributed by atoms with Gasteiger partial charge in [0.25, 0.3) is 0 Å². The maximum atomic E-state index is 11.2. The molecule has 0 aliphatic carbocycles. The standard InChI is InChI=1S/C16H16ClN3O/c17-13-9-11(16(18)21)5-6-15(13)20-8-7-19-10-12-3-1-2-4-14(12)20/h1-6,9,19H,7-8,10H2,(H2,18,21). The molecule has 3 N–H and O–H groups in total. The number of primary amides is 1. The SMILES string of the molecule is NC(=O)c1ccc(N2CCNCc3ccccc32)c(Cl)c1. The van der Waals surface area contributed by atoms with Crippen LogP contribution in [-0.2, 0) is 6.54 Å². The molecule has 108 valence electrons. The van der Waals surface area contributed by atoms with Gasteiger partial charge in [-0.05, 0) is 29.8 Å². The van der Waals surface area contributed by atoms with Gasteiger partial charge in [-0.1, -0.05) is 29.8 Å². The van der Waals surface area contributed by atoms with Gasteiger partial charge >= 0.3 is 0 Å². The van der Waals surface area contributed by atoms with Crippen LogP contribution in [0.25, 0.3) is 0 Å². The van der Waals surface area contributed by atoms with E-state index in [0.717, 1.165) is 31.0 Å². The number of carbonyl (C=O) groups is 1. The summed E-state index contributed by atoms with van der Waals surface area (Å²) in [5.41, 5.74) is 8.96. The third-order valence-corrected chi connectivity index (χ3v) is 3.94. The zero-order valence-electron chi connectivity index (χ0n) is 11.5. The molecule has 0 aromatic heterocycles. The Hall–Kier alpha value is -2.04. The number of fused-ring (bicyclic) bond motifs is 1.